The van der Waals surface area contributed by atoms with Crippen molar-refractivity contribution in [2.24, 2.45) is 0 Å². The number of hydrogen-bond donors (Lipinski definition) is 1. The van der Waals surface area contributed by atoms with Gasteiger partial charge in [0.15, 0.2) is 0 Å². The van der Waals surface area contributed by atoms with Crippen LogP contribution in [0.5, 0.6) is 0 Å². The fourth-order valence-corrected chi connectivity index (χ4v) is 0.480. The minimum Gasteiger partial charge on any atom is -0.463 e. The maximum Gasteiger partial charge on any atom is 0.335 e. The van der Waals surface area contributed by atoms with Crippen LogP contribution in [-0.2, 0) is 14.3 Å². The Hall–Kier alpha value is -1.62. The zero-order valence-corrected chi connectivity index (χ0v) is 10.0. The van der Waals surface area contributed by atoms with Gasteiger partial charge in [-0.05, 0) is 13.0 Å². The SMILES string of the molecule is C=C(CO)C(=O)OCC.C=CC(=O)N(C)C. The molecule has 0 atom stereocenters. The predicted octanol–water partition coefficient (Wildman–Crippen LogP) is 0.359. The van der Waals surface area contributed by atoms with E-state index < -0.39 is 5.97 Å². The molecule has 0 unspecified atom stereocenters. The first kappa shape index (κ1) is 16.8. The van der Waals surface area contributed by atoms with Crippen molar-refractivity contribution < 1.29 is 19.4 Å². The molecule has 0 saturated heterocycles. The summed E-state index contributed by atoms with van der Waals surface area (Å²) in [6.45, 7) is 8.24. The number of carbonyl (C=O) groups excluding carboxylic acids is 2. The van der Waals surface area contributed by atoms with E-state index in [9.17, 15) is 9.59 Å². The normalized spacial score (nSPS) is 8.25. The van der Waals surface area contributed by atoms with Crippen LogP contribution in [0.15, 0.2) is 24.8 Å². The van der Waals surface area contributed by atoms with Gasteiger partial charge in [0.05, 0.1) is 18.8 Å². The first-order valence-corrected chi connectivity index (χ1v) is 4.70. The first-order chi connectivity index (χ1) is 7.40. The second-order valence-electron chi connectivity index (χ2n) is 2.92. The van der Waals surface area contributed by atoms with E-state index in [1.807, 2.05) is 0 Å². The zero-order chi connectivity index (χ0) is 13.1. The number of amides is 1. The third-order valence-corrected chi connectivity index (χ3v) is 1.37. The lowest BCUT2D eigenvalue weighted by molar-refractivity contribution is -0.138. The molecular weight excluding hydrogens is 210 g/mol. The Kier molecular flexibility index (Phi) is 10.4. The lowest BCUT2D eigenvalue weighted by Gasteiger charge is -2.03. The summed E-state index contributed by atoms with van der Waals surface area (Å²) in [5, 5.41) is 8.33. The Morgan fingerprint density at radius 2 is 1.94 bits per heavy atom. The van der Waals surface area contributed by atoms with E-state index in [1.54, 1.807) is 21.0 Å². The van der Waals surface area contributed by atoms with Gasteiger partial charge in [-0.1, -0.05) is 13.2 Å². The highest BCUT2D eigenvalue weighted by atomic mass is 16.5. The molecule has 5 heteroatoms. The smallest absolute Gasteiger partial charge is 0.335 e. The minimum atomic E-state index is -0.528. The summed E-state index contributed by atoms with van der Waals surface area (Å²) in [5.74, 6) is -0.583. The van der Waals surface area contributed by atoms with Gasteiger partial charge in [0.1, 0.15) is 0 Å². The van der Waals surface area contributed by atoms with E-state index in [2.05, 4.69) is 17.9 Å². The highest BCUT2D eigenvalue weighted by Gasteiger charge is 2.03. The number of aliphatic hydroxyl groups is 1. The molecule has 0 aliphatic carbocycles. The summed E-state index contributed by atoms with van der Waals surface area (Å²) >= 11 is 0. The van der Waals surface area contributed by atoms with Crippen LogP contribution in [0.4, 0.5) is 0 Å². The van der Waals surface area contributed by atoms with E-state index in [0.29, 0.717) is 6.61 Å². The largest absolute Gasteiger partial charge is 0.463 e. The second-order valence-corrected chi connectivity index (χ2v) is 2.92. The van der Waals surface area contributed by atoms with E-state index in [1.165, 1.54) is 11.0 Å². The highest BCUT2D eigenvalue weighted by molar-refractivity contribution is 5.87. The van der Waals surface area contributed by atoms with Crippen LogP contribution in [-0.4, -0.2) is 49.2 Å². The van der Waals surface area contributed by atoms with Gasteiger partial charge in [-0.25, -0.2) is 4.79 Å². The number of ether oxygens (including phenoxy) is 1. The van der Waals surface area contributed by atoms with Gasteiger partial charge >= 0.3 is 5.97 Å². The average molecular weight is 229 g/mol. The molecular formula is C11H19NO4. The lowest BCUT2D eigenvalue weighted by Crippen LogP contribution is -2.18. The van der Waals surface area contributed by atoms with Crippen LogP contribution in [0.3, 0.4) is 0 Å². The molecule has 0 aliphatic heterocycles. The Balaban J connectivity index is 0. The molecule has 0 saturated carbocycles. The van der Waals surface area contributed by atoms with Gasteiger partial charge in [0, 0.05) is 14.1 Å². The molecule has 0 heterocycles. The van der Waals surface area contributed by atoms with Gasteiger partial charge in [-0.15, -0.1) is 0 Å². The van der Waals surface area contributed by atoms with Gasteiger partial charge in [0.2, 0.25) is 5.91 Å². The summed E-state index contributed by atoms with van der Waals surface area (Å²) in [7, 11) is 3.37. The maximum absolute atomic E-state index is 10.5. The van der Waals surface area contributed by atoms with Gasteiger partial charge in [-0.3, -0.25) is 4.79 Å². The lowest BCUT2D eigenvalue weighted by atomic mass is 10.3. The molecule has 16 heavy (non-hydrogen) atoms. The molecule has 0 spiro atoms. The molecule has 1 amide bonds. The molecule has 0 aromatic heterocycles. The molecule has 0 rings (SSSR count). The molecule has 92 valence electrons. The van der Waals surface area contributed by atoms with Crippen molar-refractivity contribution >= 4 is 11.9 Å². The van der Waals surface area contributed by atoms with E-state index in [-0.39, 0.29) is 18.1 Å². The molecule has 0 fully saturated rings. The average Bonchev–Trinajstić information content (AvgIpc) is 2.27. The summed E-state index contributed by atoms with van der Waals surface area (Å²) in [4.78, 5) is 22.3. The molecule has 5 nitrogen and oxygen atoms in total. The third-order valence-electron chi connectivity index (χ3n) is 1.37. The van der Waals surface area contributed by atoms with Gasteiger partial charge in [0.25, 0.3) is 0 Å². The van der Waals surface area contributed by atoms with Crippen LogP contribution in [0.1, 0.15) is 6.92 Å². The molecule has 1 N–H and O–H groups in total. The predicted molar refractivity (Wildman–Crippen MR) is 61.7 cm³/mol. The van der Waals surface area contributed by atoms with Crippen LogP contribution >= 0.6 is 0 Å². The monoisotopic (exact) mass is 229 g/mol. The molecule has 0 aliphatic rings. The number of carbonyl (C=O) groups is 2. The molecule has 0 aromatic rings. The number of likely N-dealkylation sites (N-methyl/N-ethyl adjacent to an activating group) is 1. The van der Waals surface area contributed by atoms with Crippen molar-refractivity contribution in [2.75, 3.05) is 27.3 Å². The van der Waals surface area contributed by atoms with Crippen molar-refractivity contribution in [1.82, 2.24) is 4.90 Å². The number of aliphatic hydroxyl groups excluding tert-OH is 1. The zero-order valence-electron chi connectivity index (χ0n) is 10.0. The quantitative estimate of drug-likeness (QED) is 0.558. The second kappa shape index (κ2) is 9.92. The van der Waals surface area contributed by atoms with E-state index >= 15 is 0 Å². The Morgan fingerprint density at radius 1 is 1.44 bits per heavy atom. The number of rotatable bonds is 4. The maximum atomic E-state index is 10.5. The van der Waals surface area contributed by atoms with E-state index in [0.717, 1.165) is 0 Å². The summed E-state index contributed by atoms with van der Waals surface area (Å²) < 4.78 is 4.50. The highest BCUT2D eigenvalue weighted by Crippen LogP contribution is 1.90. The Morgan fingerprint density at radius 3 is 2.12 bits per heavy atom. The van der Waals surface area contributed by atoms with Crippen LogP contribution < -0.4 is 0 Å². The van der Waals surface area contributed by atoms with Crippen LogP contribution in [0.25, 0.3) is 0 Å². The third kappa shape index (κ3) is 8.96. The number of esters is 1. The summed E-state index contributed by atoms with van der Waals surface area (Å²) in [6, 6.07) is 0. The first-order valence-electron chi connectivity index (χ1n) is 4.70. The molecule has 0 aromatic carbocycles. The Bertz CT molecular complexity index is 259. The number of nitrogens with zero attached hydrogens (tertiary/aromatic N) is 1. The summed E-state index contributed by atoms with van der Waals surface area (Å²) in [5.41, 5.74) is 0.0943. The molecule has 0 bridgehead atoms. The van der Waals surface area contributed by atoms with Gasteiger partial charge in [-0.2, -0.15) is 0 Å². The van der Waals surface area contributed by atoms with Crippen molar-refractivity contribution in [2.45, 2.75) is 6.92 Å². The molecule has 0 radical (unpaired) electrons. The summed E-state index contributed by atoms with van der Waals surface area (Å²) in [6.07, 6.45) is 1.28. The van der Waals surface area contributed by atoms with Crippen LogP contribution in [0.2, 0.25) is 0 Å². The van der Waals surface area contributed by atoms with Crippen molar-refractivity contribution in [1.29, 1.82) is 0 Å². The topological polar surface area (TPSA) is 66.8 Å². The Labute approximate surface area is 96.0 Å². The standard InChI is InChI=1S/C6H10O3.C5H9NO/c1-3-9-6(8)5(2)4-7;1-4-5(7)6(2)3/h7H,2-4H2,1H3;4H,1H2,2-3H3. The minimum absolute atomic E-state index is 0.0556. The van der Waals surface area contributed by atoms with Gasteiger partial charge < -0.3 is 14.7 Å². The van der Waals surface area contributed by atoms with E-state index in [4.69, 9.17) is 5.11 Å². The fourth-order valence-electron chi connectivity index (χ4n) is 0.480. The fraction of sp³-hybridized carbons (Fsp3) is 0.455. The number of hydrogen-bond acceptors (Lipinski definition) is 4. The van der Waals surface area contributed by atoms with Crippen molar-refractivity contribution in [3.8, 4) is 0 Å². The van der Waals surface area contributed by atoms with Crippen LogP contribution in [0, 0.1) is 0 Å². The van der Waals surface area contributed by atoms with Crippen molar-refractivity contribution in [3.63, 3.8) is 0 Å². The van der Waals surface area contributed by atoms with Crippen molar-refractivity contribution in [3.05, 3.63) is 24.8 Å².